The lowest BCUT2D eigenvalue weighted by molar-refractivity contribution is 0.773. The van der Waals surface area contributed by atoms with Crippen molar-refractivity contribution >= 4 is 9.90 Å². The van der Waals surface area contributed by atoms with Gasteiger partial charge in [0.1, 0.15) is 0 Å². The first kappa shape index (κ1) is 16.2. The molecule has 6 radical (unpaired) electrons. The van der Waals surface area contributed by atoms with Crippen molar-refractivity contribution < 1.29 is 0 Å². The smallest absolute Gasteiger partial charge is 0.0621 e. The first-order valence-corrected chi connectivity index (χ1v) is 2.65. The molecule has 4 heteroatoms. The summed E-state index contributed by atoms with van der Waals surface area (Å²) < 4.78 is 0. The van der Waals surface area contributed by atoms with Gasteiger partial charge in [-0.25, -0.2) is 0 Å². The molecular weight excluding hydrogens is 145 g/mol. The largest absolute Gasteiger partial charge is 0.198 e. The molecule has 10 heavy (non-hydrogen) atoms. The Morgan fingerprint density at radius 3 is 1.40 bits per heavy atom. The molecule has 0 spiro atoms. The first-order valence-electron chi connectivity index (χ1n) is 2.65. The van der Waals surface area contributed by atoms with Gasteiger partial charge in [-0.2, -0.15) is 10.5 Å². The molecule has 0 aromatic rings. The second-order valence-electron chi connectivity index (χ2n) is 1.52. The van der Waals surface area contributed by atoms with Gasteiger partial charge in [0.25, 0.3) is 0 Å². The summed E-state index contributed by atoms with van der Waals surface area (Å²) in [5.74, 6) is 0. The molecule has 0 rings (SSSR count). The normalized spacial score (nSPS) is 5.80. The van der Waals surface area contributed by atoms with Crippen LogP contribution in [0.25, 0.3) is 0 Å². The van der Waals surface area contributed by atoms with Gasteiger partial charge in [-0.15, -0.1) is 0 Å². The summed E-state index contributed by atoms with van der Waals surface area (Å²) in [5, 5.41) is 16.1. The van der Waals surface area contributed by atoms with Crippen LogP contribution < -0.4 is 6.15 Å². The van der Waals surface area contributed by atoms with E-state index < -0.39 is 0 Å². The second kappa shape index (κ2) is 15.8. The minimum absolute atomic E-state index is 0. The van der Waals surface area contributed by atoms with Crippen LogP contribution in [0.4, 0.5) is 0 Å². The highest BCUT2D eigenvalue weighted by Gasteiger charge is 1.83. The van der Waals surface area contributed by atoms with Gasteiger partial charge in [-0.05, 0) is 12.8 Å². The summed E-state index contributed by atoms with van der Waals surface area (Å²) in [6, 6.07) is 4.03. The zero-order valence-electron chi connectivity index (χ0n) is 5.62. The molecule has 0 bridgehead atoms. The fraction of sp³-hybridized carbons (Fsp3) is 0.667. The number of nitriles is 2. The third-order valence-electron chi connectivity index (χ3n) is 0.827. The van der Waals surface area contributed by atoms with Crippen LogP contribution in [0, 0.1) is 22.7 Å². The summed E-state index contributed by atoms with van der Waals surface area (Å²) >= 11 is 0. The highest BCUT2D eigenvalue weighted by molar-refractivity contribution is 6.92. The van der Waals surface area contributed by atoms with Gasteiger partial charge in [0.15, 0.2) is 0 Å². The van der Waals surface area contributed by atoms with E-state index in [9.17, 15) is 0 Å². The molecule has 0 N–H and O–H groups in total. The first-order chi connectivity index (χ1) is 3.91. The molecule has 0 aliphatic heterocycles. The van der Waals surface area contributed by atoms with Crippen LogP contribution in [0.2, 0.25) is 0 Å². The Morgan fingerprint density at radius 2 is 1.20 bits per heavy atom. The van der Waals surface area contributed by atoms with Gasteiger partial charge >= 0.3 is 0 Å². The third kappa shape index (κ3) is 15.7. The van der Waals surface area contributed by atoms with E-state index in [0.717, 1.165) is 12.8 Å². The maximum Gasteiger partial charge on any atom is 0.0621 e. The molecule has 3 nitrogen and oxygen atoms in total. The van der Waals surface area contributed by atoms with E-state index in [4.69, 9.17) is 10.5 Å². The van der Waals surface area contributed by atoms with E-state index in [2.05, 4.69) is 0 Å². The molecule has 52 valence electrons. The van der Waals surface area contributed by atoms with Crippen LogP contribution >= 0.6 is 9.90 Å². The Kier molecular flexibility index (Phi) is 25.5. The molecule has 0 saturated carbocycles. The van der Waals surface area contributed by atoms with Crippen LogP contribution in [-0.4, -0.2) is 0 Å². The number of rotatable bonds is 3. The van der Waals surface area contributed by atoms with Gasteiger partial charge in [0.2, 0.25) is 0 Å². The zero-order valence-corrected chi connectivity index (χ0v) is 6.51. The average molecular weight is 153 g/mol. The van der Waals surface area contributed by atoms with Crippen molar-refractivity contribution in [3.05, 3.63) is 0 Å². The van der Waals surface area contributed by atoms with Crippen molar-refractivity contribution in [2.45, 2.75) is 25.7 Å². The minimum atomic E-state index is 0. The lowest BCUT2D eigenvalue weighted by Crippen LogP contribution is -1.70. The van der Waals surface area contributed by atoms with Crippen LogP contribution in [0.15, 0.2) is 0 Å². The van der Waals surface area contributed by atoms with Crippen molar-refractivity contribution in [3.63, 3.8) is 0 Å². The SMILES string of the molecule is N#CCCCCC#N.[N].[P]. The molecule has 0 amide bonds. The van der Waals surface area contributed by atoms with Crippen molar-refractivity contribution in [3.8, 4) is 12.1 Å². The Bertz CT molecular complexity index is 106. The molecule has 0 aromatic carbocycles. The molecule has 0 aliphatic carbocycles. The fourth-order valence-corrected chi connectivity index (χ4v) is 0.408. The van der Waals surface area contributed by atoms with E-state index in [0.29, 0.717) is 12.8 Å². The Balaban J connectivity index is -0.000000245. The average Bonchev–Trinajstić information content (AvgIpc) is 1.81. The summed E-state index contributed by atoms with van der Waals surface area (Å²) in [4.78, 5) is 0. The monoisotopic (exact) mass is 153 g/mol. The van der Waals surface area contributed by atoms with Crippen LogP contribution in [0.1, 0.15) is 25.7 Å². The van der Waals surface area contributed by atoms with E-state index in [1.54, 1.807) is 0 Å². The summed E-state index contributed by atoms with van der Waals surface area (Å²) in [6.07, 6.45) is 2.90. The van der Waals surface area contributed by atoms with Gasteiger partial charge in [0.05, 0.1) is 12.1 Å². The molecular formula is C6H8N3P. The zero-order chi connectivity index (χ0) is 6.24. The van der Waals surface area contributed by atoms with E-state index in [1.807, 2.05) is 12.1 Å². The van der Waals surface area contributed by atoms with Crippen molar-refractivity contribution in [2.75, 3.05) is 0 Å². The Morgan fingerprint density at radius 1 is 0.900 bits per heavy atom. The van der Waals surface area contributed by atoms with E-state index in [-0.39, 0.29) is 16.0 Å². The molecule has 0 atom stereocenters. The topological polar surface area (TPSA) is 78.1 Å². The quantitative estimate of drug-likeness (QED) is 0.459. The lowest BCUT2D eigenvalue weighted by Gasteiger charge is -1.83. The molecule has 0 unspecified atom stereocenters. The predicted octanol–water partition coefficient (Wildman–Crippen LogP) is 1.97. The van der Waals surface area contributed by atoms with Gasteiger partial charge in [-0.3, -0.25) is 0 Å². The molecule has 0 aromatic heterocycles. The minimum Gasteiger partial charge on any atom is -0.198 e. The second-order valence-corrected chi connectivity index (χ2v) is 1.52. The predicted molar refractivity (Wildman–Crippen MR) is 38.7 cm³/mol. The highest BCUT2D eigenvalue weighted by Crippen LogP contribution is 1.95. The lowest BCUT2D eigenvalue weighted by atomic mass is 10.2. The van der Waals surface area contributed by atoms with Crippen LogP contribution in [-0.2, 0) is 0 Å². The van der Waals surface area contributed by atoms with Crippen molar-refractivity contribution in [2.24, 2.45) is 0 Å². The number of hydrogen-bond acceptors (Lipinski definition) is 2. The maximum atomic E-state index is 8.03. The summed E-state index contributed by atoms with van der Waals surface area (Å²) in [5.41, 5.74) is 0. The Labute approximate surface area is 65.2 Å². The van der Waals surface area contributed by atoms with Gasteiger partial charge in [-0.1, -0.05) is 0 Å². The Hall–Kier alpha value is -0.630. The van der Waals surface area contributed by atoms with Crippen molar-refractivity contribution in [1.29, 1.82) is 10.5 Å². The number of hydrogen-bond donors (Lipinski definition) is 0. The maximum absolute atomic E-state index is 8.03. The summed E-state index contributed by atoms with van der Waals surface area (Å²) in [6.45, 7) is 0. The molecule has 0 aliphatic rings. The highest BCUT2D eigenvalue weighted by atomic mass is 31.0. The van der Waals surface area contributed by atoms with Crippen LogP contribution in [0.5, 0.6) is 0 Å². The fourth-order valence-electron chi connectivity index (χ4n) is 0.408. The summed E-state index contributed by atoms with van der Waals surface area (Å²) in [7, 11) is 0. The van der Waals surface area contributed by atoms with E-state index in [1.165, 1.54) is 0 Å². The van der Waals surface area contributed by atoms with Crippen molar-refractivity contribution in [1.82, 2.24) is 6.15 Å². The number of nitrogens with zero attached hydrogens (tertiary/aromatic N) is 3. The van der Waals surface area contributed by atoms with Gasteiger partial charge in [0, 0.05) is 28.9 Å². The standard InChI is InChI=1S/C6H8N2.N.P/c7-5-3-1-2-4-6-8;;/h1-4H2;;. The third-order valence-corrected chi connectivity index (χ3v) is 0.827. The van der Waals surface area contributed by atoms with Crippen LogP contribution in [0.3, 0.4) is 0 Å². The molecule has 0 heterocycles. The van der Waals surface area contributed by atoms with E-state index >= 15 is 0 Å². The molecule has 0 saturated heterocycles. The molecule has 0 fully saturated rings. The van der Waals surface area contributed by atoms with Gasteiger partial charge < -0.3 is 0 Å². The number of unbranched alkanes of at least 4 members (excludes halogenated alkanes) is 3.